The molecular weight excluding hydrogens is 258 g/mol. The highest BCUT2D eigenvalue weighted by Crippen LogP contribution is 2.34. The molecule has 2 N–H and O–H groups in total. The first-order chi connectivity index (χ1) is 9.65. The van der Waals surface area contributed by atoms with Crippen LogP contribution in [0.4, 0.5) is 11.4 Å². The topological polar surface area (TPSA) is 81.6 Å². The van der Waals surface area contributed by atoms with Crippen molar-refractivity contribution in [3.8, 4) is 5.75 Å². The molecule has 1 aromatic carbocycles. The Kier molecular flexibility index (Phi) is 4.79. The Morgan fingerprint density at radius 1 is 1.45 bits per heavy atom. The number of anilines is 1. The van der Waals surface area contributed by atoms with Gasteiger partial charge in [0.2, 0.25) is 0 Å². The van der Waals surface area contributed by atoms with Crippen LogP contribution >= 0.6 is 0 Å². The van der Waals surface area contributed by atoms with Crippen molar-refractivity contribution < 1.29 is 9.66 Å². The third kappa shape index (κ3) is 3.19. The van der Waals surface area contributed by atoms with Crippen molar-refractivity contribution in [3.63, 3.8) is 0 Å². The second-order valence-electron chi connectivity index (χ2n) is 5.12. The van der Waals surface area contributed by atoms with E-state index in [1.807, 2.05) is 0 Å². The summed E-state index contributed by atoms with van der Waals surface area (Å²) in [5.41, 5.74) is 6.38. The van der Waals surface area contributed by atoms with E-state index < -0.39 is 0 Å². The lowest BCUT2D eigenvalue weighted by Gasteiger charge is -2.33. The van der Waals surface area contributed by atoms with Gasteiger partial charge in [-0.25, -0.2) is 0 Å². The van der Waals surface area contributed by atoms with Crippen molar-refractivity contribution in [1.29, 1.82) is 0 Å². The molecule has 0 aromatic heterocycles. The Morgan fingerprint density at radius 3 is 2.70 bits per heavy atom. The Bertz CT molecular complexity index is 471. The van der Waals surface area contributed by atoms with E-state index in [1.54, 1.807) is 19.2 Å². The largest absolute Gasteiger partial charge is 0.497 e. The molecule has 0 amide bonds. The van der Waals surface area contributed by atoms with Gasteiger partial charge in [-0.15, -0.1) is 0 Å². The van der Waals surface area contributed by atoms with Gasteiger partial charge in [0.1, 0.15) is 11.4 Å². The molecule has 1 aromatic rings. The molecule has 2 rings (SSSR count). The minimum atomic E-state index is -0.333. The number of hydrogen-bond acceptors (Lipinski definition) is 5. The van der Waals surface area contributed by atoms with Crippen LogP contribution in [0.1, 0.15) is 19.3 Å². The monoisotopic (exact) mass is 279 g/mol. The third-order valence-electron chi connectivity index (χ3n) is 3.91. The molecule has 0 spiro atoms. The number of nitrogens with zero attached hydrogens (tertiary/aromatic N) is 2. The number of benzene rings is 1. The van der Waals surface area contributed by atoms with Gasteiger partial charge < -0.3 is 15.4 Å². The normalized spacial score (nSPS) is 16.2. The number of ether oxygens (including phenoxy) is 1. The summed E-state index contributed by atoms with van der Waals surface area (Å²) in [4.78, 5) is 12.9. The lowest BCUT2D eigenvalue weighted by atomic mass is 9.93. The first-order valence-electron chi connectivity index (χ1n) is 6.93. The Labute approximate surface area is 118 Å². The van der Waals surface area contributed by atoms with E-state index in [4.69, 9.17) is 10.5 Å². The molecule has 0 radical (unpaired) electrons. The molecular formula is C14H21N3O3. The minimum Gasteiger partial charge on any atom is -0.497 e. The molecule has 1 fully saturated rings. The van der Waals surface area contributed by atoms with Gasteiger partial charge in [-0.05, 0) is 37.8 Å². The summed E-state index contributed by atoms with van der Waals surface area (Å²) >= 11 is 0. The van der Waals surface area contributed by atoms with Crippen LogP contribution in [0.25, 0.3) is 0 Å². The molecule has 0 bridgehead atoms. The molecule has 1 aliphatic heterocycles. The predicted molar refractivity (Wildman–Crippen MR) is 78.3 cm³/mol. The molecule has 0 aliphatic carbocycles. The molecule has 1 saturated heterocycles. The van der Waals surface area contributed by atoms with Crippen LogP contribution in [0.5, 0.6) is 5.75 Å². The summed E-state index contributed by atoms with van der Waals surface area (Å²) < 4.78 is 5.17. The van der Waals surface area contributed by atoms with Crippen LogP contribution < -0.4 is 15.4 Å². The summed E-state index contributed by atoms with van der Waals surface area (Å²) in [5.74, 6) is 1.29. The van der Waals surface area contributed by atoms with Gasteiger partial charge >= 0.3 is 0 Å². The first-order valence-corrected chi connectivity index (χ1v) is 6.93. The summed E-state index contributed by atoms with van der Waals surface area (Å²) in [5, 5.41) is 11.2. The molecule has 0 saturated carbocycles. The highest BCUT2D eigenvalue weighted by atomic mass is 16.6. The van der Waals surface area contributed by atoms with E-state index >= 15 is 0 Å². The van der Waals surface area contributed by atoms with E-state index in [2.05, 4.69) is 4.90 Å². The van der Waals surface area contributed by atoms with Gasteiger partial charge in [0.15, 0.2) is 0 Å². The molecule has 20 heavy (non-hydrogen) atoms. The van der Waals surface area contributed by atoms with Crippen LogP contribution in [0.3, 0.4) is 0 Å². The van der Waals surface area contributed by atoms with E-state index in [9.17, 15) is 10.1 Å². The second-order valence-corrected chi connectivity index (χ2v) is 5.12. The van der Waals surface area contributed by atoms with E-state index in [0.717, 1.165) is 32.4 Å². The lowest BCUT2D eigenvalue weighted by Crippen LogP contribution is -2.34. The zero-order chi connectivity index (χ0) is 14.5. The van der Waals surface area contributed by atoms with Gasteiger partial charge in [-0.2, -0.15) is 0 Å². The van der Waals surface area contributed by atoms with E-state index in [0.29, 0.717) is 23.9 Å². The fourth-order valence-corrected chi connectivity index (χ4v) is 2.74. The highest BCUT2D eigenvalue weighted by Gasteiger charge is 2.25. The molecule has 0 atom stereocenters. The highest BCUT2D eigenvalue weighted by molar-refractivity contribution is 5.66. The van der Waals surface area contributed by atoms with Crippen molar-refractivity contribution >= 4 is 11.4 Å². The fraction of sp³-hybridized carbons (Fsp3) is 0.571. The van der Waals surface area contributed by atoms with Crippen LogP contribution in [-0.2, 0) is 0 Å². The van der Waals surface area contributed by atoms with Crippen molar-refractivity contribution in [2.45, 2.75) is 19.3 Å². The maximum atomic E-state index is 11.2. The van der Waals surface area contributed by atoms with Gasteiger partial charge in [-0.1, -0.05) is 0 Å². The summed E-state index contributed by atoms with van der Waals surface area (Å²) in [7, 11) is 1.57. The van der Waals surface area contributed by atoms with Crippen LogP contribution in [-0.4, -0.2) is 31.7 Å². The summed E-state index contributed by atoms with van der Waals surface area (Å²) in [6.07, 6.45) is 3.10. The third-order valence-corrected chi connectivity index (χ3v) is 3.91. The summed E-state index contributed by atoms with van der Waals surface area (Å²) in [6.45, 7) is 2.38. The number of hydrogen-bond donors (Lipinski definition) is 1. The van der Waals surface area contributed by atoms with Gasteiger partial charge in [0, 0.05) is 25.2 Å². The fourth-order valence-electron chi connectivity index (χ4n) is 2.74. The van der Waals surface area contributed by atoms with Crippen molar-refractivity contribution in [3.05, 3.63) is 28.3 Å². The Morgan fingerprint density at radius 2 is 2.15 bits per heavy atom. The number of rotatable bonds is 5. The number of nitro groups is 1. The summed E-state index contributed by atoms with van der Waals surface area (Å²) in [6, 6.07) is 4.89. The van der Waals surface area contributed by atoms with Gasteiger partial charge in [-0.3, -0.25) is 10.1 Å². The zero-order valence-corrected chi connectivity index (χ0v) is 11.7. The van der Waals surface area contributed by atoms with Gasteiger partial charge in [0.05, 0.1) is 12.0 Å². The SMILES string of the molecule is COc1ccc([N+](=O)[O-])c(N2CCC(CCN)CC2)c1. The molecule has 1 heterocycles. The van der Waals surface area contributed by atoms with Crippen LogP contribution in [0.15, 0.2) is 18.2 Å². The van der Waals surface area contributed by atoms with E-state index in [1.165, 1.54) is 6.07 Å². The van der Waals surface area contributed by atoms with Crippen molar-refractivity contribution in [1.82, 2.24) is 0 Å². The molecule has 6 heteroatoms. The molecule has 0 unspecified atom stereocenters. The maximum Gasteiger partial charge on any atom is 0.292 e. The maximum absolute atomic E-state index is 11.2. The predicted octanol–water partition coefficient (Wildman–Crippen LogP) is 2.17. The Balaban J connectivity index is 2.17. The number of methoxy groups -OCH3 is 1. The number of nitrogens with two attached hydrogens (primary N) is 1. The Hall–Kier alpha value is -1.82. The van der Waals surface area contributed by atoms with Gasteiger partial charge in [0.25, 0.3) is 5.69 Å². The number of nitro benzene ring substituents is 1. The minimum absolute atomic E-state index is 0.142. The number of piperidine rings is 1. The molecule has 110 valence electrons. The quantitative estimate of drug-likeness (QED) is 0.660. The smallest absolute Gasteiger partial charge is 0.292 e. The average Bonchev–Trinajstić information content (AvgIpc) is 2.47. The van der Waals surface area contributed by atoms with Crippen molar-refractivity contribution in [2.75, 3.05) is 31.6 Å². The molecule has 1 aliphatic rings. The first kappa shape index (κ1) is 14.6. The average molecular weight is 279 g/mol. The zero-order valence-electron chi connectivity index (χ0n) is 11.7. The molecule has 6 nitrogen and oxygen atoms in total. The standard InChI is InChI=1S/C14H21N3O3/c1-20-12-2-3-13(17(18)19)14(10-12)16-8-5-11(4-7-15)6-9-16/h2-3,10-11H,4-9,15H2,1H3. The van der Waals surface area contributed by atoms with E-state index in [-0.39, 0.29) is 10.6 Å². The van der Waals surface area contributed by atoms with Crippen molar-refractivity contribution in [2.24, 2.45) is 11.7 Å². The lowest BCUT2D eigenvalue weighted by molar-refractivity contribution is -0.384. The second kappa shape index (κ2) is 6.56. The van der Waals surface area contributed by atoms with Crippen LogP contribution in [0.2, 0.25) is 0 Å². The van der Waals surface area contributed by atoms with Crippen LogP contribution in [0, 0.1) is 16.0 Å².